The maximum Gasteiger partial charge on any atom is 0.270 e. The fourth-order valence-corrected chi connectivity index (χ4v) is 2.80. The molecule has 0 unspecified atom stereocenters. The number of aromatic nitrogens is 4. The monoisotopic (exact) mass is 406 g/mol. The third kappa shape index (κ3) is 3.60. The Bertz CT molecular complexity index is 1230. The average Bonchev–Trinajstić information content (AvgIpc) is 3.23. The first-order valence-corrected chi connectivity index (χ1v) is 8.97. The van der Waals surface area contributed by atoms with E-state index >= 15 is 0 Å². The van der Waals surface area contributed by atoms with E-state index in [2.05, 4.69) is 20.2 Å². The minimum absolute atomic E-state index is 0. The van der Waals surface area contributed by atoms with Gasteiger partial charge in [-0.1, -0.05) is 24.3 Å². The Morgan fingerprint density at radius 3 is 2.47 bits per heavy atom. The molecule has 0 radical (unpaired) electrons. The van der Waals surface area contributed by atoms with Gasteiger partial charge >= 0.3 is 0 Å². The number of hydrogen-bond donors (Lipinski definition) is 1. The minimum Gasteiger partial charge on any atom is -0.414 e. The number of nitrogens with zero attached hydrogens (tertiary/aromatic N) is 5. The summed E-state index contributed by atoms with van der Waals surface area (Å²) in [6.45, 7) is 0. The Morgan fingerprint density at radius 2 is 1.77 bits per heavy atom. The Labute approximate surface area is 172 Å². The Hall–Kier alpha value is -4.14. The van der Waals surface area contributed by atoms with E-state index in [1.807, 2.05) is 0 Å². The lowest BCUT2D eigenvalue weighted by Crippen LogP contribution is -2.21. The zero-order valence-electron chi connectivity index (χ0n) is 16.2. The van der Waals surface area contributed by atoms with Gasteiger partial charge in [-0.3, -0.25) is 4.79 Å². The molecule has 2 N–H and O–H groups in total. The smallest absolute Gasteiger partial charge is 0.270 e. The van der Waals surface area contributed by atoms with E-state index < -0.39 is 5.82 Å². The maximum atomic E-state index is 14.0. The van der Waals surface area contributed by atoms with Crippen LogP contribution in [0, 0.1) is 5.82 Å². The topological polar surface area (TPSA) is 111 Å². The van der Waals surface area contributed by atoms with Crippen LogP contribution in [0.25, 0.3) is 34.3 Å². The molecule has 2 aromatic carbocycles. The first kappa shape index (κ1) is 19.2. The summed E-state index contributed by atoms with van der Waals surface area (Å²) in [5, 5.41) is 7.83. The number of anilines is 1. The molecule has 4 aromatic rings. The molecule has 9 heteroatoms. The van der Waals surface area contributed by atoms with Gasteiger partial charge in [-0.2, -0.15) is 0 Å². The van der Waals surface area contributed by atoms with Gasteiger partial charge in [-0.15, -0.1) is 10.2 Å². The van der Waals surface area contributed by atoms with Crippen LogP contribution >= 0.6 is 0 Å². The molecule has 30 heavy (non-hydrogen) atoms. The third-order valence-corrected chi connectivity index (χ3v) is 4.37. The molecule has 0 bridgehead atoms. The van der Waals surface area contributed by atoms with Crippen molar-refractivity contribution in [1.82, 2.24) is 25.1 Å². The number of halogens is 1. The second-order valence-electron chi connectivity index (χ2n) is 6.66. The number of carbonyl (C=O) groups is 1. The molecule has 0 aliphatic carbocycles. The highest BCUT2D eigenvalue weighted by atomic mass is 19.1. The highest BCUT2D eigenvalue weighted by Crippen LogP contribution is 2.28. The number of benzene rings is 2. The van der Waals surface area contributed by atoms with Crippen LogP contribution in [0.3, 0.4) is 0 Å². The number of nitrogen functional groups attached to an aromatic ring is 1. The van der Waals surface area contributed by atoms with Crippen molar-refractivity contribution in [2.24, 2.45) is 0 Å². The largest absolute Gasteiger partial charge is 0.414 e. The van der Waals surface area contributed by atoms with Crippen molar-refractivity contribution >= 4 is 11.7 Å². The number of amides is 1. The van der Waals surface area contributed by atoms with Crippen LogP contribution in [0.2, 0.25) is 0 Å². The minimum atomic E-state index is -0.479. The van der Waals surface area contributed by atoms with Gasteiger partial charge in [0.05, 0.1) is 17.5 Å². The SMILES string of the molecule is CN(C)C(=O)c1ccc(-c2cnc(N)c(-c3nnc(-c4ccccc4F)o3)n2)cc1.[HH]. The summed E-state index contributed by atoms with van der Waals surface area (Å²) < 4.78 is 19.6. The second kappa shape index (κ2) is 7.70. The van der Waals surface area contributed by atoms with E-state index in [1.54, 1.807) is 50.5 Å². The lowest BCUT2D eigenvalue weighted by atomic mass is 10.1. The quantitative estimate of drug-likeness (QED) is 0.552. The molecule has 0 atom stereocenters. The van der Waals surface area contributed by atoms with Crippen molar-refractivity contribution in [3.63, 3.8) is 0 Å². The summed E-state index contributed by atoms with van der Waals surface area (Å²) in [7, 11) is 3.38. The molecule has 0 aliphatic rings. The first-order valence-electron chi connectivity index (χ1n) is 8.97. The zero-order valence-corrected chi connectivity index (χ0v) is 16.2. The highest BCUT2D eigenvalue weighted by molar-refractivity contribution is 5.94. The number of hydrogen-bond acceptors (Lipinski definition) is 7. The zero-order chi connectivity index (χ0) is 21.3. The number of carbonyl (C=O) groups excluding carboxylic acids is 1. The first-order chi connectivity index (χ1) is 14.4. The van der Waals surface area contributed by atoms with E-state index in [0.29, 0.717) is 11.3 Å². The van der Waals surface area contributed by atoms with Crippen LogP contribution < -0.4 is 5.73 Å². The van der Waals surface area contributed by atoms with Gasteiger partial charge in [0.15, 0.2) is 11.5 Å². The van der Waals surface area contributed by atoms with Crippen LogP contribution in [0.4, 0.5) is 10.2 Å². The van der Waals surface area contributed by atoms with Crippen LogP contribution in [0.15, 0.2) is 59.1 Å². The van der Waals surface area contributed by atoms with Crippen LogP contribution in [-0.4, -0.2) is 45.1 Å². The summed E-state index contributed by atoms with van der Waals surface area (Å²) in [4.78, 5) is 22.2. The molecular weight excluding hydrogens is 387 g/mol. The van der Waals surface area contributed by atoms with Gasteiger partial charge in [0.2, 0.25) is 0 Å². The van der Waals surface area contributed by atoms with E-state index in [9.17, 15) is 9.18 Å². The summed E-state index contributed by atoms with van der Waals surface area (Å²) >= 11 is 0. The van der Waals surface area contributed by atoms with Crippen LogP contribution in [0.1, 0.15) is 11.8 Å². The van der Waals surface area contributed by atoms with Gasteiger partial charge in [0.25, 0.3) is 17.7 Å². The van der Waals surface area contributed by atoms with Crippen LogP contribution in [0.5, 0.6) is 0 Å². The average molecular weight is 406 g/mol. The van der Waals surface area contributed by atoms with E-state index in [1.165, 1.54) is 23.2 Å². The molecule has 8 nitrogen and oxygen atoms in total. The molecule has 152 valence electrons. The van der Waals surface area contributed by atoms with E-state index in [4.69, 9.17) is 10.2 Å². The molecule has 1 amide bonds. The third-order valence-electron chi connectivity index (χ3n) is 4.37. The Balaban J connectivity index is 0.00000272. The summed E-state index contributed by atoms with van der Waals surface area (Å²) in [6.07, 6.45) is 1.51. The number of nitrogens with two attached hydrogens (primary N) is 1. The molecule has 0 spiro atoms. The lowest BCUT2D eigenvalue weighted by molar-refractivity contribution is 0.0827. The van der Waals surface area contributed by atoms with Crippen LogP contribution in [-0.2, 0) is 0 Å². The molecular formula is C21H19FN6O2. The molecule has 0 saturated heterocycles. The second-order valence-corrected chi connectivity index (χ2v) is 6.66. The molecule has 0 saturated carbocycles. The molecule has 0 fully saturated rings. The normalized spacial score (nSPS) is 10.8. The fraction of sp³-hybridized carbons (Fsp3) is 0.0952. The van der Waals surface area contributed by atoms with Crippen molar-refractivity contribution in [3.8, 4) is 34.3 Å². The molecule has 4 rings (SSSR count). The van der Waals surface area contributed by atoms with Crippen molar-refractivity contribution in [2.45, 2.75) is 0 Å². The molecule has 2 aromatic heterocycles. The standard InChI is InChI=1S/C21H17FN6O2.H2/c1-28(2)21(29)13-9-7-12(8-10-13)16-11-24-18(23)17(25-16)20-27-26-19(30-20)14-5-3-4-6-15(14)22;/h3-11H,1-2H3,(H2,23,24);1H. The number of rotatable bonds is 4. The Morgan fingerprint density at radius 1 is 1.07 bits per heavy atom. The fourth-order valence-electron chi connectivity index (χ4n) is 2.80. The predicted octanol–water partition coefficient (Wildman–Crippen LogP) is 3.53. The van der Waals surface area contributed by atoms with Crippen molar-refractivity contribution in [3.05, 3.63) is 66.1 Å². The molecule has 0 aliphatic heterocycles. The van der Waals surface area contributed by atoms with Crippen molar-refractivity contribution < 1.29 is 15.0 Å². The van der Waals surface area contributed by atoms with Gasteiger partial charge < -0.3 is 15.1 Å². The van der Waals surface area contributed by atoms with Gasteiger partial charge in [0.1, 0.15) is 5.82 Å². The van der Waals surface area contributed by atoms with E-state index in [0.717, 1.165) is 5.56 Å². The summed E-state index contributed by atoms with van der Waals surface area (Å²) in [5.74, 6) is -0.437. The van der Waals surface area contributed by atoms with Gasteiger partial charge in [-0.25, -0.2) is 14.4 Å². The highest BCUT2D eigenvalue weighted by Gasteiger charge is 2.18. The molecule has 2 heterocycles. The lowest BCUT2D eigenvalue weighted by Gasteiger charge is -2.10. The van der Waals surface area contributed by atoms with E-state index in [-0.39, 0.29) is 36.2 Å². The summed E-state index contributed by atoms with van der Waals surface area (Å²) in [5.41, 5.74) is 8.11. The summed E-state index contributed by atoms with van der Waals surface area (Å²) in [6, 6.07) is 13.0. The van der Waals surface area contributed by atoms with Gasteiger partial charge in [-0.05, 0) is 24.3 Å². The Kier molecular flexibility index (Phi) is 4.93. The van der Waals surface area contributed by atoms with Crippen molar-refractivity contribution in [2.75, 3.05) is 19.8 Å². The predicted molar refractivity (Wildman–Crippen MR) is 111 cm³/mol. The van der Waals surface area contributed by atoms with Crippen molar-refractivity contribution in [1.29, 1.82) is 0 Å². The maximum absolute atomic E-state index is 14.0. The van der Waals surface area contributed by atoms with Gasteiger partial charge in [0, 0.05) is 26.6 Å².